The summed E-state index contributed by atoms with van der Waals surface area (Å²) < 4.78 is 8.40. The van der Waals surface area contributed by atoms with Gasteiger partial charge in [-0.05, 0) is 31.5 Å². The minimum absolute atomic E-state index is 0.0203. The topological polar surface area (TPSA) is 86.7 Å². The van der Waals surface area contributed by atoms with Gasteiger partial charge in [0, 0.05) is 19.2 Å². The van der Waals surface area contributed by atoms with Crippen LogP contribution in [0.4, 0.5) is 5.69 Å². The zero-order valence-corrected chi connectivity index (χ0v) is 15.9. The molecule has 0 saturated heterocycles. The zero-order chi connectivity index (χ0) is 19.4. The molecule has 0 spiro atoms. The van der Waals surface area contributed by atoms with Crippen LogP contribution in [0.1, 0.15) is 22.8 Å². The Hall–Kier alpha value is -2.84. The monoisotopic (exact) mass is 385 g/mol. The number of hydrogen-bond donors (Lipinski definition) is 0. The van der Waals surface area contributed by atoms with E-state index in [1.165, 1.54) is 29.5 Å². The Balaban J connectivity index is 2.13. The number of hydrogen-bond acceptors (Lipinski definition) is 5. The van der Waals surface area contributed by atoms with Gasteiger partial charge >= 0.3 is 0 Å². The Morgan fingerprint density at radius 2 is 2.04 bits per heavy atom. The third kappa shape index (κ3) is 3.96. The molecule has 3 aromatic rings. The Bertz CT molecular complexity index is 1070. The quantitative estimate of drug-likeness (QED) is 0.368. The fraction of sp³-hybridized carbons (Fsp3) is 0.263. The smallest absolute Gasteiger partial charge is 0.286 e. The van der Waals surface area contributed by atoms with Gasteiger partial charge in [0.25, 0.3) is 11.6 Å². The summed E-state index contributed by atoms with van der Waals surface area (Å²) >= 11 is 1.38. The lowest BCUT2D eigenvalue weighted by molar-refractivity contribution is -0.385. The van der Waals surface area contributed by atoms with Crippen LogP contribution in [0, 0.1) is 17.0 Å². The molecule has 1 heterocycles. The maximum absolute atomic E-state index is 12.7. The lowest BCUT2D eigenvalue weighted by Crippen LogP contribution is -2.20. The van der Waals surface area contributed by atoms with Crippen LogP contribution in [0.2, 0.25) is 0 Å². The molecule has 0 aliphatic carbocycles. The minimum atomic E-state index is -0.628. The van der Waals surface area contributed by atoms with E-state index in [2.05, 4.69) is 4.99 Å². The Kier molecular flexibility index (Phi) is 5.78. The van der Waals surface area contributed by atoms with Crippen LogP contribution in [0.25, 0.3) is 10.2 Å². The molecule has 1 amide bonds. The van der Waals surface area contributed by atoms with Crippen LogP contribution in [0.5, 0.6) is 0 Å². The summed E-state index contributed by atoms with van der Waals surface area (Å²) in [7, 11) is 0. The summed E-state index contributed by atoms with van der Waals surface area (Å²) in [4.78, 5) is 28.0. The first-order chi connectivity index (χ1) is 13.0. The highest BCUT2D eigenvalue weighted by Crippen LogP contribution is 2.22. The molecule has 0 aliphatic rings. The first-order valence-electron chi connectivity index (χ1n) is 8.52. The van der Waals surface area contributed by atoms with Crippen molar-refractivity contribution in [2.75, 3.05) is 13.2 Å². The maximum Gasteiger partial charge on any atom is 0.286 e. The number of ether oxygens (including phenoxy) is 1. The normalized spacial score (nSPS) is 11.9. The zero-order valence-electron chi connectivity index (χ0n) is 15.0. The summed E-state index contributed by atoms with van der Waals surface area (Å²) in [5.74, 6) is -0.628. The van der Waals surface area contributed by atoms with Gasteiger partial charge in [-0.2, -0.15) is 4.99 Å². The van der Waals surface area contributed by atoms with E-state index in [9.17, 15) is 14.9 Å². The summed E-state index contributed by atoms with van der Waals surface area (Å²) in [6.45, 7) is 5.55. The second-order valence-corrected chi connectivity index (χ2v) is 6.86. The Morgan fingerprint density at radius 3 is 2.78 bits per heavy atom. The standard InChI is InChI=1S/C19H19N3O4S/c1-3-26-12-11-21-17-13(2)7-6-10-16(17)27-19(21)20-18(23)14-8-4-5-9-15(14)22(24)25/h4-10H,3,11-12H2,1-2H3. The van der Waals surface area contributed by atoms with E-state index in [1.54, 1.807) is 6.07 Å². The summed E-state index contributed by atoms with van der Waals surface area (Å²) in [5, 5.41) is 11.2. The largest absolute Gasteiger partial charge is 0.380 e. The number of carbonyl (C=O) groups is 1. The molecular formula is C19H19N3O4S. The van der Waals surface area contributed by atoms with Crippen molar-refractivity contribution < 1.29 is 14.5 Å². The molecule has 0 bridgehead atoms. The average Bonchev–Trinajstić information content (AvgIpc) is 3.00. The van der Waals surface area contributed by atoms with Gasteiger partial charge in [-0.15, -0.1) is 0 Å². The number of thiazole rings is 1. The molecule has 0 N–H and O–H groups in total. The molecule has 0 aliphatic heterocycles. The molecule has 0 unspecified atom stereocenters. The highest BCUT2D eigenvalue weighted by Gasteiger charge is 2.19. The van der Waals surface area contributed by atoms with Gasteiger partial charge < -0.3 is 9.30 Å². The van der Waals surface area contributed by atoms with Crippen molar-refractivity contribution in [3.05, 3.63) is 68.5 Å². The minimum Gasteiger partial charge on any atom is -0.380 e. The Labute approximate surface area is 159 Å². The first kappa shape index (κ1) is 18.9. The fourth-order valence-electron chi connectivity index (χ4n) is 2.86. The van der Waals surface area contributed by atoms with Gasteiger partial charge in [-0.3, -0.25) is 14.9 Å². The number of amides is 1. The molecule has 27 heavy (non-hydrogen) atoms. The van der Waals surface area contributed by atoms with E-state index in [1.807, 2.05) is 36.6 Å². The van der Waals surface area contributed by atoms with Gasteiger partial charge in [0.1, 0.15) is 5.56 Å². The molecule has 2 aromatic carbocycles. The first-order valence-corrected chi connectivity index (χ1v) is 9.33. The van der Waals surface area contributed by atoms with Gasteiger partial charge in [0.2, 0.25) is 0 Å². The van der Waals surface area contributed by atoms with Crippen molar-refractivity contribution >= 4 is 33.1 Å². The van der Waals surface area contributed by atoms with Gasteiger partial charge in [-0.1, -0.05) is 35.6 Å². The third-order valence-electron chi connectivity index (χ3n) is 4.09. The number of benzene rings is 2. The molecule has 0 atom stereocenters. The van der Waals surface area contributed by atoms with Crippen molar-refractivity contribution in [3.63, 3.8) is 0 Å². The second-order valence-electron chi connectivity index (χ2n) is 5.85. The number of fused-ring (bicyclic) bond motifs is 1. The lowest BCUT2D eigenvalue weighted by atomic mass is 10.2. The average molecular weight is 385 g/mol. The molecular weight excluding hydrogens is 366 g/mol. The van der Waals surface area contributed by atoms with Gasteiger partial charge in [-0.25, -0.2) is 0 Å². The van der Waals surface area contributed by atoms with E-state index in [0.29, 0.717) is 24.6 Å². The Morgan fingerprint density at radius 1 is 1.26 bits per heavy atom. The number of nitro groups is 1. The molecule has 7 nitrogen and oxygen atoms in total. The van der Waals surface area contributed by atoms with Crippen molar-refractivity contribution in [2.45, 2.75) is 20.4 Å². The van der Waals surface area contributed by atoms with Crippen LogP contribution in [-0.2, 0) is 11.3 Å². The summed E-state index contributed by atoms with van der Waals surface area (Å²) in [6.07, 6.45) is 0. The second kappa shape index (κ2) is 8.24. The fourth-order valence-corrected chi connectivity index (χ4v) is 3.99. The molecule has 140 valence electrons. The highest BCUT2D eigenvalue weighted by atomic mass is 32.1. The van der Waals surface area contributed by atoms with E-state index < -0.39 is 10.8 Å². The van der Waals surface area contributed by atoms with Crippen LogP contribution in [-0.4, -0.2) is 28.6 Å². The number of nitro benzene ring substituents is 1. The maximum atomic E-state index is 12.7. The predicted octanol–water partition coefficient (Wildman–Crippen LogP) is 3.70. The summed E-state index contributed by atoms with van der Waals surface area (Å²) in [6, 6.07) is 11.8. The number of rotatable bonds is 6. The predicted molar refractivity (Wildman–Crippen MR) is 104 cm³/mol. The summed E-state index contributed by atoms with van der Waals surface area (Å²) in [5.41, 5.74) is 1.80. The van der Waals surface area contributed by atoms with E-state index in [0.717, 1.165) is 15.8 Å². The molecule has 0 radical (unpaired) electrons. The lowest BCUT2D eigenvalue weighted by Gasteiger charge is -2.07. The number of para-hydroxylation sites is 2. The molecule has 3 rings (SSSR count). The van der Waals surface area contributed by atoms with Crippen LogP contribution in [0.15, 0.2) is 47.5 Å². The molecule has 0 saturated carbocycles. The van der Waals surface area contributed by atoms with E-state index in [-0.39, 0.29) is 11.3 Å². The third-order valence-corrected chi connectivity index (χ3v) is 5.14. The van der Waals surface area contributed by atoms with Crippen LogP contribution < -0.4 is 4.80 Å². The van der Waals surface area contributed by atoms with Gasteiger partial charge in [0.05, 0.1) is 21.7 Å². The van der Waals surface area contributed by atoms with E-state index >= 15 is 0 Å². The number of aromatic nitrogens is 1. The number of aryl methyl sites for hydroxylation is 1. The molecule has 8 heteroatoms. The number of carbonyl (C=O) groups excluding carboxylic acids is 1. The highest BCUT2D eigenvalue weighted by molar-refractivity contribution is 7.16. The van der Waals surface area contributed by atoms with Crippen LogP contribution >= 0.6 is 11.3 Å². The van der Waals surface area contributed by atoms with Crippen molar-refractivity contribution in [1.29, 1.82) is 0 Å². The van der Waals surface area contributed by atoms with E-state index in [4.69, 9.17) is 4.74 Å². The van der Waals surface area contributed by atoms with Crippen LogP contribution in [0.3, 0.4) is 0 Å². The molecule has 1 aromatic heterocycles. The van der Waals surface area contributed by atoms with Crippen molar-refractivity contribution in [3.8, 4) is 0 Å². The molecule has 0 fully saturated rings. The SMILES string of the molecule is CCOCCn1c(=NC(=O)c2ccccc2[N+](=O)[O-])sc2cccc(C)c21. The van der Waals surface area contributed by atoms with Gasteiger partial charge in [0.15, 0.2) is 4.80 Å². The van der Waals surface area contributed by atoms with Crippen molar-refractivity contribution in [1.82, 2.24) is 4.57 Å². The number of nitrogens with zero attached hydrogens (tertiary/aromatic N) is 3. The van der Waals surface area contributed by atoms with Crippen molar-refractivity contribution in [2.24, 2.45) is 4.99 Å².